The van der Waals surface area contributed by atoms with Gasteiger partial charge >= 0.3 is 5.97 Å². The van der Waals surface area contributed by atoms with Crippen molar-refractivity contribution in [2.75, 3.05) is 7.11 Å². The third-order valence-corrected chi connectivity index (χ3v) is 2.04. The van der Waals surface area contributed by atoms with Crippen LogP contribution in [0.4, 0.5) is 0 Å². The number of hydrogen-bond donors (Lipinski definition) is 0. The number of methoxy groups -OCH3 is 1. The second-order valence-electron chi connectivity index (χ2n) is 3.96. The van der Waals surface area contributed by atoms with Gasteiger partial charge in [-0.1, -0.05) is 11.6 Å². The molecule has 0 rings (SSSR count). The van der Waals surface area contributed by atoms with Gasteiger partial charge in [0.2, 0.25) is 0 Å². The lowest BCUT2D eigenvalue weighted by Gasteiger charge is -2.09. The quantitative estimate of drug-likeness (QED) is 0.225. The summed E-state index contributed by atoms with van der Waals surface area (Å²) in [5, 5.41) is 0. The highest BCUT2D eigenvalue weighted by atomic mass is 16.5. The highest BCUT2D eigenvalue weighted by molar-refractivity contribution is 6.38. The molecule has 0 aliphatic carbocycles. The van der Waals surface area contributed by atoms with Crippen molar-refractivity contribution in [2.45, 2.75) is 39.7 Å². The maximum absolute atomic E-state index is 11.0. The van der Waals surface area contributed by atoms with Gasteiger partial charge in [-0.25, -0.2) is 4.79 Å². The molecule has 0 amide bonds. The first-order valence-corrected chi connectivity index (χ1v) is 5.55. The van der Waals surface area contributed by atoms with Crippen molar-refractivity contribution < 1.29 is 19.1 Å². The Morgan fingerprint density at radius 3 is 2.47 bits per heavy atom. The van der Waals surface area contributed by atoms with Crippen molar-refractivity contribution in [2.24, 2.45) is 0 Å². The predicted octanol–water partition coefficient (Wildman–Crippen LogP) is 2.39. The first kappa shape index (κ1) is 15.4. The van der Waals surface area contributed by atoms with Gasteiger partial charge in [0.25, 0.3) is 5.78 Å². The van der Waals surface area contributed by atoms with Crippen LogP contribution in [0, 0.1) is 0 Å². The van der Waals surface area contributed by atoms with Crippen LogP contribution in [0.5, 0.6) is 0 Å². The van der Waals surface area contributed by atoms with Crippen molar-refractivity contribution in [1.29, 1.82) is 0 Å². The van der Waals surface area contributed by atoms with E-state index in [2.05, 4.69) is 10.8 Å². The monoisotopic (exact) mass is 240 g/mol. The lowest BCUT2D eigenvalue weighted by Crippen LogP contribution is -2.12. The number of allylic oxidation sites excluding steroid dienone is 2. The molecule has 96 valence electrons. The fraction of sp³-hybridized carbons (Fsp3) is 0.538. The molecule has 17 heavy (non-hydrogen) atoms. The summed E-state index contributed by atoms with van der Waals surface area (Å²) in [6.07, 6.45) is 6.25. The lowest BCUT2D eigenvalue weighted by molar-refractivity contribution is -0.149. The van der Waals surface area contributed by atoms with Crippen LogP contribution >= 0.6 is 0 Å². The summed E-state index contributed by atoms with van der Waals surface area (Å²) in [4.78, 5) is 21.8. The van der Waals surface area contributed by atoms with Gasteiger partial charge in [0.15, 0.2) is 0 Å². The number of carbonyl (C=O) groups excluding carboxylic acids is 2. The molecule has 0 unspecified atom stereocenters. The zero-order valence-electron chi connectivity index (χ0n) is 10.9. The molecule has 0 aromatic carbocycles. The Morgan fingerprint density at radius 2 is 1.94 bits per heavy atom. The minimum absolute atomic E-state index is 0.00676. The summed E-state index contributed by atoms with van der Waals surface area (Å²) in [6.45, 7) is 5.99. The van der Waals surface area contributed by atoms with Crippen LogP contribution in [0.2, 0.25) is 0 Å². The van der Waals surface area contributed by atoms with Crippen LogP contribution in [0.1, 0.15) is 33.6 Å². The Morgan fingerprint density at radius 1 is 1.29 bits per heavy atom. The maximum Gasteiger partial charge on any atom is 0.378 e. The van der Waals surface area contributed by atoms with Gasteiger partial charge in [0, 0.05) is 6.08 Å². The first-order chi connectivity index (χ1) is 7.97. The highest BCUT2D eigenvalue weighted by Crippen LogP contribution is 2.05. The van der Waals surface area contributed by atoms with E-state index in [1.807, 2.05) is 20.8 Å². The average molecular weight is 240 g/mol. The molecule has 0 saturated carbocycles. The Kier molecular flexibility index (Phi) is 7.76. The largest absolute Gasteiger partial charge is 0.498 e. The molecular weight excluding hydrogens is 220 g/mol. The number of ether oxygens (including phenoxy) is 2. The standard InChI is InChI=1S/C13H20O4/c1-10(2)6-5-7-11(3)17-9-8-12(14)13(15)16-4/h6,8-9,11H,5,7H2,1-4H3/b9-8+/t11-/m0/s1. The molecule has 0 fully saturated rings. The Bertz CT molecular complexity index is 311. The van der Waals surface area contributed by atoms with Crippen molar-refractivity contribution in [3.8, 4) is 0 Å². The van der Waals surface area contributed by atoms with Crippen LogP contribution in [0.25, 0.3) is 0 Å². The van der Waals surface area contributed by atoms with Gasteiger partial charge in [-0.15, -0.1) is 0 Å². The summed E-state index contributed by atoms with van der Waals surface area (Å²) in [6, 6.07) is 0. The zero-order chi connectivity index (χ0) is 13.3. The molecule has 0 aliphatic heterocycles. The molecule has 0 heterocycles. The predicted molar refractivity (Wildman–Crippen MR) is 65.4 cm³/mol. The van der Waals surface area contributed by atoms with E-state index < -0.39 is 11.8 Å². The summed E-state index contributed by atoms with van der Waals surface area (Å²) in [5.41, 5.74) is 1.27. The molecule has 0 saturated heterocycles. The van der Waals surface area contributed by atoms with Crippen LogP contribution in [-0.2, 0) is 19.1 Å². The second-order valence-corrected chi connectivity index (χ2v) is 3.96. The Labute approximate surface area is 102 Å². The fourth-order valence-corrected chi connectivity index (χ4v) is 1.08. The van der Waals surface area contributed by atoms with Gasteiger partial charge in [0.05, 0.1) is 19.5 Å². The van der Waals surface area contributed by atoms with Crippen LogP contribution in [0.3, 0.4) is 0 Å². The summed E-state index contributed by atoms with van der Waals surface area (Å²) in [7, 11) is 1.16. The molecule has 0 bridgehead atoms. The number of hydrogen-bond acceptors (Lipinski definition) is 4. The molecule has 0 N–H and O–H groups in total. The first-order valence-electron chi connectivity index (χ1n) is 5.55. The second kappa shape index (κ2) is 8.56. The molecule has 0 aliphatic rings. The summed E-state index contributed by atoms with van der Waals surface area (Å²) >= 11 is 0. The van der Waals surface area contributed by atoms with E-state index >= 15 is 0 Å². The van der Waals surface area contributed by atoms with Crippen LogP contribution in [-0.4, -0.2) is 25.0 Å². The van der Waals surface area contributed by atoms with E-state index in [1.54, 1.807) is 0 Å². The Balaban J connectivity index is 3.87. The third-order valence-electron chi connectivity index (χ3n) is 2.04. The van der Waals surface area contributed by atoms with Crippen LogP contribution < -0.4 is 0 Å². The van der Waals surface area contributed by atoms with Gasteiger partial charge in [-0.2, -0.15) is 0 Å². The summed E-state index contributed by atoms with van der Waals surface area (Å²) in [5.74, 6) is -1.61. The van der Waals surface area contributed by atoms with E-state index in [0.29, 0.717) is 0 Å². The van der Waals surface area contributed by atoms with Crippen molar-refractivity contribution in [1.82, 2.24) is 0 Å². The molecule has 0 spiro atoms. The Hall–Kier alpha value is -1.58. The van der Waals surface area contributed by atoms with Crippen molar-refractivity contribution >= 4 is 11.8 Å². The van der Waals surface area contributed by atoms with Gasteiger partial charge in [-0.05, 0) is 33.6 Å². The van der Waals surface area contributed by atoms with E-state index in [0.717, 1.165) is 26.0 Å². The average Bonchev–Trinajstić information content (AvgIpc) is 2.27. The number of esters is 1. The SMILES string of the molecule is COC(=O)C(=O)/C=C/O[C@@H](C)CCC=C(C)C. The van der Waals surface area contributed by atoms with Gasteiger partial charge in [-0.3, -0.25) is 4.79 Å². The van der Waals surface area contributed by atoms with Crippen molar-refractivity contribution in [3.63, 3.8) is 0 Å². The molecular formula is C13H20O4. The number of rotatable bonds is 7. The summed E-state index contributed by atoms with van der Waals surface area (Å²) < 4.78 is 9.51. The zero-order valence-corrected chi connectivity index (χ0v) is 10.9. The minimum Gasteiger partial charge on any atom is -0.498 e. The van der Waals surface area contributed by atoms with E-state index in [-0.39, 0.29) is 6.10 Å². The molecule has 4 heteroatoms. The normalized spacial score (nSPS) is 12.0. The molecule has 0 aromatic rings. The number of carbonyl (C=O) groups is 2. The fourth-order valence-electron chi connectivity index (χ4n) is 1.08. The number of ketones is 1. The maximum atomic E-state index is 11.0. The van der Waals surface area contributed by atoms with E-state index in [1.165, 1.54) is 11.8 Å². The van der Waals surface area contributed by atoms with Crippen molar-refractivity contribution in [3.05, 3.63) is 24.0 Å². The smallest absolute Gasteiger partial charge is 0.378 e. The van der Waals surface area contributed by atoms with E-state index in [9.17, 15) is 9.59 Å². The molecule has 0 radical (unpaired) electrons. The minimum atomic E-state index is -0.887. The van der Waals surface area contributed by atoms with Crippen LogP contribution in [0.15, 0.2) is 24.0 Å². The van der Waals surface area contributed by atoms with Gasteiger partial charge in [0.1, 0.15) is 0 Å². The van der Waals surface area contributed by atoms with Gasteiger partial charge < -0.3 is 9.47 Å². The lowest BCUT2D eigenvalue weighted by atomic mass is 10.2. The third kappa shape index (κ3) is 8.25. The van der Waals surface area contributed by atoms with E-state index in [4.69, 9.17) is 4.74 Å². The highest BCUT2D eigenvalue weighted by Gasteiger charge is 2.09. The topological polar surface area (TPSA) is 52.6 Å². The molecule has 1 atom stereocenters. The molecule has 0 aromatic heterocycles. The molecule has 4 nitrogen and oxygen atoms in total.